The number of hydrogen-bond donors (Lipinski definition) is 0. The van der Waals surface area contributed by atoms with Gasteiger partial charge in [-0.3, -0.25) is 0 Å². The van der Waals surface area contributed by atoms with Crippen LogP contribution in [0.25, 0.3) is 4.91 Å². The van der Waals surface area contributed by atoms with Gasteiger partial charge < -0.3 is 4.74 Å². The molecule has 0 bridgehead atoms. The normalized spacial score (nSPS) is 11.6. The highest BCUT2D eigenvalue weighted by Crippen LogP contribution is 2.29. The molecule has 0 aliphatic rings. The van der Waals surface area contributed by atoms with Gasteiger partial charge in [0, 0.05) is 4.91 Å². The van der Waals surface area contributed by atoms with Gasteiger partial charge in [-0.05, 0) is 30.9 Å². The Hall–Kier alpha value is -1.10. The molecule has 0 unspecified atom stereocenters. The summed E-state index contributed by atoms with van der Waals surface area (Å²) in [7, 11) is 0. The monoisotopic (exact) mass is 278 g/mol. The van der Waals surface area contributed by atoms with Crippen molar-refractivity contribution in [1.29, 1.82) is 0 Å². The molecule has 1 aromatic rings. The highest BCUT2D eigenvalue weighted by Gasteiger charge is 2.31. The zero-order valence-corrected chi connectivity index (χ0v) is 11.7. The van der Waals surface area contributed by atoms with Crippen molar-refractivity contribution >= 4 is 16.7 Å². The van der Waals surface area contributed by atoms with Gasteiger partial charge in [0.2, 0.25) is 0 Å². The quantitative estimate of drug-likeness (QED) is 0.738. The minimum Gasteiger partial charge on any atom is -0.406 e. The van der Waals surface area contributed by atoms with E-state index in [1.807, 2.05) is 33.1 Å². The van der Waals surface area contributed by atoms with E-state index in [1.165, 1.54) is 30.0 Å². The Kier molecular flexibility index (Phi) is 7.59. The summed E-state index contributed by atoms with van der Waals surface area (Å²) in [4.78, 5) is 0.910. The molecule has 0 aliphatic heterocycles. The first-order chi connectivity index (χ1) is 8.46. The second kappa shape index (κ2) is 8.08. The van der Waals surface area contributed by atoms with E-state index < -0.39 is 6.36 Å². The van der Waals surface area contributed by atoms with Crippen LogP contribution >= 0.6 is 11.8 Å². The van der Waals surface area contributed by atoms with Crippen LogP contribution < -0.4 is 4.74 Å². The average molecular weight is 278 g/mol. The number of hydrogen-bond acceptors (Lipinski definition) is 2. The summed E-state index contributed by atoms with van der Waals surface area (Å²) in [5.41, 5.74) is 0.719. The van der Waals surface area contributed by atoms with Gasteiger partial charge in [-0.1, -0.05) is 32.1 Å². The van der Waals surface area contributed by atoms with E-state index in [9.17, 15) is 13.2 Å². The lowest BCUT2D eigenvalue weighted by Crippen LogP contribution is -2.17. The SMILES string of the molecule is C/C=C(\SC)c1cccc(OC(F)(F)F)c1.CC. The Balaban J connectivity index is 0.00000137. The minimum absolute atomic E-state index is 0.196. The molecule has 0 aliphatic carbocycles. The predicted molar refractivity (Wildman–Crippen MR) is 71.6 cm³/mol. The smallest absolute Gasteiger partial charge is 0.406 e. The number of benzene rings is 1. The molecule has 1 rings (SSSR count). The van der Waals surface area contributed by atoms with Gasteiger partial charge in [-0.2, -0.15) is 0 Å². The van der Waals surface area contributed by atoms with Gasteiger partial charge in [0.1, 0.15) is 5.75 Å². The molecule has 0 fully saturated rings. The maximum Gasteiger partial charge on any atom is 0.573 e. The van der Waals surface area contributed by atoms with Gasteiger partial charge in [0.15, 0.2) is 0 Å². The van der Waals surface area contributed by atoms with Gasteiger partial charge >= 0.3 is 6.36 Å². The molecule has 0 saturated carbocycles. The Morgan fingerprint density at radius 2 is 1.89 bits per heavy atom. The maximum absolute atomic E-state index is 12.0. The molecular weight excluding hydrogens is 261 g/mol. The summed E-state index contributed by atoms with van der Waals surface area (Å²) in [6.45, 7) is 5.84. The lowest BCUT2D eigenvalue weighted by atomic mass is 10.2. The van der Waals surface area contributed by atoms with Crippen LogP contribution in [0.5, 0.6) is 5.75 Å². The Bertz CT molecular complexity index is 386. The molecule has 0 aromatic heterocycles. The highest BCUT2D eigenvalue weighted by atomic mass is 32.2. The lowest BCUT2D eigenvalue weighted by Gasteiger charge is -2.10. The lowest BCUT2D eigenvalue weighted by molar-refractivity contribution is -0.274. The van der Waals surface area contributed by atoms with Crippen molar-refractivity contribution in [3.05, 3.63) is 35.9 Å². The number of rotatable bonds is 3. The summed E-state index contributed by atoms with van der Waals surface area (Å²) >= 11 is 1.47. The van der Waals surface area contributed by atoms with Crippen LogP contribution in [-0.2, 0) is 0 Å². The predicted octanol–water partition coefficient (Wildman–Crippen LogP) is 5.34. The van der Waals surface area contributed by atoms with Gasteiger partial charge in [0.05, 0.1) is 0 Å². The molecule has 0 heterocycles. The van der Waals surface area contributed by atoms with Crippen LogP contribution in [0.1, 0.15) is 26.3 Å². The molecule has 0 amide bonds. The summed E-state index contributed by atoms with van der Waals surface area (Å²) in [6, 6.07) is 5.94. The molecule has 1 nitrogen and oxygen atoms in total. The molecule has 1 aromatic carbocycles. The molecule has 0 atom stereocenters. The Morgan fingerprint density at radius 3 is 2.33 bits per heavy atom. The Labute approximate surface area is 110 Å². The third-order valence-corrected chi connectivity index (χ3v) is 2.75. The van der Waals surface area contributed by atoms with E-state index in [-0.39, 0.29) is 5.75 Å². The molecule has 0 N–H and O–H groups in total. The largest absolute Gasteiger partial charge is 0.573 e. The summed E-state index contributed by atoms with van der Waals surface area (Å²) in [5.74, 6) is -0.196. The van der Waals surface area contributed by atoms with Crippen LogP contribution in [0.2, 0.25) is 0 Å². The van der Waals surface area contributed by atoms with E-state index >= 15 is 0 Å². The van der Waals surface area contributed by atoms with E-state index in [4.69, 9.17) is 0 Å². The average Bonchev–Trinajstić information content (AvgIpc) is 2.31. The van der Waals surface area contributed by atoms with E-state index in [2.05, 4.69) is 4.74 Å². The standard InChI is InChI=1S/C11H11F3OS.C2H6/c1-3-10(16-2)8-5-4-6-9(7-8)15-11(12,13)14;1-2/h3-7H,1-2H3;1-2H3/b10-3-;. The van der Waals surface area contributed by atoms with Crippen LogP contribution in [0.4, 0.5) is 13.2 Å². The molecule has 5 heteroatoms. The number of alkyl halides is 3. The number of ether oxygens (including phenoxy) is 1. The second-order valence-corrected chi connectivity index (χ2v) is 3.78. The van der Waals surface area contributed by atoms with Crippen molar-refractivity contribution in [3.8, 4) is 5.75 Å². The zero-order valence-electron chi connectivity index (χ0n) is 10.8. The van der Waals surface area contributed by atoms with Crippen LogP contribution in [0, 0.1) is 0 Å². The summed E-state index contributed by atoms with van der Waals surface area (Å²) in [6.07, 6.45) is -0.932. The third kappa shape index (κ3) is 6.00. The third-order valence-electron chi connectivity index (χ3n) is 1.83. The molecule has 102 valence electrons. The fourth-order valence-corrected chi connectivity index (χ4v) is 1.85. The number of halogens is 3. The van der Waals surface area contributed by atoms with Crippen LogP contribution in [0.3, 0.4) is 0 Å². The zero-order chi connectivity index (χ0) is 14.2. The first-order valence-electron chi connectivity index (χ1n) is 5.52. The molecule has 0 saturated heterocycles. The van der Waals surface area contributed by atoms with Crippen LogP contribution in [0.15, 0.2) is 30.3 Å². The van der Waals surface area contributed by atoms with E-state index in [0.717, 1.165) is 10.5 Å². The highest BCUT2D eigenvalue weighted by molar-refractivity contribution is 8.07. The Morgan fingerprint density at radius 1 is 1.28 bits per heavy atom. The van der Waals surface area contributed by atoms with Crippen molar-refractivity contribution in [2.75, 3.05) is 6.26 Å². The topological polar surface area (TPSA) is 9.23 Å². The molecule has 18 heavy (non-hydrogen) atoms. The van der Waals surface area contributed by atoms with Crippen molar-refractivity contribution in [2.45, 2.75) is 27.1 Å². The number of allylic oxidation sites excluding steroid dienone is 1. The second-order valence-electron chi connectivity index (χ2n) is 2.93. The van der Waals surface area contributed by atoms with Crippen molar-refractivity contribution in [3.63, 3.8) is 0 Å². The maximum atomic E-state index is 12.0. The molecular formula is C13H17F3OS. The van der Waals surface area contributed by atoms with E-state index in [0.29, 0.717) is 0 Å². The summed E-state index contributed by atoms with van der Waals surface area (Å²) < 4.78 is 39.8. The van der Waals surface area contributed by atoms with Crippen molar-refractivity contribution < 1.29 is 17.9 Å². The van der Waals surface area contributed by atoms with Crippen molar-refractivity contribution in [1.82, 2.24) is 0 Å². The number of thioether (sulfide) groups is 1. The fraction of sp³-hybridized carbons (Fsp3) is 0.385. The summed E-state index contributed by atoms with van der Waals surface area (Å²) in [5, 5.41) is 0. The first-order valence-corrected chi connectivity index (χ1v) is 6.75. The van der Waals surface area contributed by atoms with Gasteiger partial charge in [-0.25, -0.2) is 0 Å². The molecule has 0 radical (unpaired) electrons. The first kappa shape index (κ1) is 16.9. The fourth-order valence-electron chi connectivity index (χ4n) is 1.25. The minimum atomic E-state index is -4.64. The van der Waals surface area contributed by atoms with Gasteiger partial charge in [0.25, 0.3) is 0 Å². The van der Waals surface area contributed by atoms with Crippen molar-refractivity contribution in [2.24, 2.45) is 0 Å². The van der Waals surface area contributed by atoms with Crippen LogP contribution in [-0.4, -0.2) is 12.6 Å². The molecule has 0 spiro atoms. The van der Waals surface area contributed by atoms with Gasteiger partial charge in [-0.15, -0.1) is 24.9 Å². The van der Waals surface area contributed by atoms with E-state index in [1.54, 1.807) is 6.07 Å².